The molecule has 6 nitrogen and oxygen atoms in total. The number of aromatic nitrogens is 2. The Morgan fingerprint density at radius 3 is 2.73 bits per heavy atom. The van der Waals surface area contributed by atoms with E-state index >= 15 is 0 Å². The van der Waals surface area contributed by atoms with Crippen LogP contribution in [0.2, 0.25) is 0 Å². The van der Waals surface area contributed by atoms with Gasteiger partial charge in [0, 0.05) is 19.6 Å². The van der Waals surface area contributed by atoms with E-state index < -0.39 is 0 Å². The molecule has 1 aliphatic rings. The van der Waals surface area contributed by atoms with E-state index in [-0.39, 0.29) is 0 Å². The Labute approximate surface area is 160 Å². The van der Waals surface area contributed by atoms with Crippen molar-refractivity contribution in [3.8, 4) is 5.75 Å². The van der Waals surface area contributed by atoms with Gasteiger partial charge in [-0.05, 0) is 57.0 Å². The Bertz CT molecular complexity index is 657. The van der Waals surface area contributed by atoms with Gasteiger partial charge in [0.25, 0.3) is 0 Å². The second kappa shape index (κ2) is 10.3. The number of benzene rings is 1. The zero-order valence-electron chi connectivity index (χ0n) is 15.5. The molecule has 26 heavy (non-hydrogen) atoms. The molecule has 0 spiro atoms. The molecule has 1 aromatic heterocycles. The molecule has 0 radical (unpaired) electrons. The fraction of sp³-hybridized carbons (Fsp3) is 0.579. The van der Waals surface area contributed by atoms with Crippen molar-refractivity contribution < 1.29 is 4.74 Å². The number of hydrogen-bond donors (Lipinski definition) is 2. The Morgan fingerprint density at radius 2 is 1.92 bits per heavy atom. The maximum atomic E-state index is 5.93. The first-order valence-electron chi connectivity index (χ1n) is 9.59. The zero-order chi connectivity index (χ0) is 18.0. The van der Waals surface area contributed by atoms with E-state index in [2.05, 4.69) is 49.4 Å². The zero-order valence-corrected chi connectivity index (χ0v) is 16.4. The van der Waals surface area contributed by atoms with Crippen molar-refractivity contribution in [1.82, 2.24) is 13.6 Å². The molecule has 2 N–H and O–H groups in total. The first kappa shape index (κ1) is 18.9. The lowest BCUT2D eigenvalue weighted by Gasteiger charge is -2.26. The molecule has 2 aromatic rings. The van der Waals surface area contributed by atoms with Crippen LogP contribution < -0.4 is 15.4 Å². The molecule has 3 rings (SSSR count). The predicted octanol–water partition coefficient (Wildman–Crippen LogP) is 3.84. The highest BCUT2D eigenvalue weighted by molar-refractivity contribution is 6.99. The summed E-state index contributed by atoms with van der Waals surface area (Å²) >= 11 is 1.22. The summed E-state index contributed by atoms with van der Waals surface area (Å²) in [6.07, 6.45) is 4.94. The van der Waals surface area contributed by atoms with Gasteiger partial charge in [0.15, 0.2) is 11.6 Å². The van der Waals surface area contributed by atoms with Crippen molar-refractivity contribution in [2.45, 2.75) is 39.2 Å². The fourth-order valence-corrected chi connectivity index (χ4v) is 3.67. The van der Waals surface area contributed by atoms with Crippen molar-refractivity contribution in [3.05, 3.63) is 29.8 Å². The number of rotatable bonds is 10. The molecule has 1 fully saturated rings. The van der Waals surface area contributed by atoms with Crippen LogP contribution in [0.5, 0.6) is 5.75 Å². The SMILES string of the molecule is CCNc1nsnc1NCCCOc1cccc(CN2CCCCC2)c1. The number of nitrogens with one attached hydrogen (secondary N) is 2. The van der Waals surface area contributed by atoms with Crippen molar-refractivity contribution in [1.29, 1.82) is 0 Å². The van der Waals surface area contributed by atoms with Gasteiger partial charge in [0.1, 0.15) is 5.75 Å². The number of hydrogen-bond acceptors (Lipinski definition) is 7. The maximum absolute atomic E-state index is 5.93. The Balaban J connectivity index is 1.38. The molecule has 1 aromatic carbocycles. The monoisotopic (exact) mass is 375 g/mol. The summed E-state index contributed by atoms with van der Waals surface area (Å²) in [6, 6.07) is 8.51. The van der Waals surface area contributed by atoms with E-state index in [1.165, 1.54) is 49.6 Å². The van der Waals surface area contributed by atoms with Gasteiger partial charge in [-0.15, -0.1) is 0 Å². The number of likely N-dealkylation sites (tertiary alicyclic amines) is 1. The molecule has 0 amide bonds. The lowest BCUT2D eigenvalue weighted by Crippen LogP contribution is -2.29. The van der Waals surface area contributed by atoms with E-state index in [9.17, 15) is 0 Å². The highest BCUT2D eigenvalue weighted by Gasteiger charge is 2.10. The molecule has 1 aliphatic heterocycles. The summed E-state index contributed by atoms with van der Waals surface area (Å²) in [5.74, 6) is 2.63. The second-order valence-corrected chi connectivity index (χ2v) is 7.13. The van der Waals surface area contributed by atoms with Gasteiger partial charge in [0.2, 0.25) is 0 Å². The molecular formula is C19H29N5OS. The fourth-order valence-electron chi connectivity index (χ4n) is 3.17. The van der Waals surface area contributed by atoms with Gasteiger partial charge in [-0.1, -0.05) is 18.6 Å². The number of anilines is 2. The first-order valence-corrected chi connectivity index (χ1v) is 10.3. The summed E-state index contributed by atoms with van der Waals surface area (Å²) in [5, 5.41) is 6.52. The lowest BCUT2D eigenvalue weighted by molar-refractivity contribution is 0.220. The Kier molecular flexibility index (Phi) is 7.51. The van der Waals surface area contributed by atoms with Crippen LogP contribution in [-0.2, 0) is 6.54 Å². The summed E-state index contributed by atoms with van der Waals surface area (Å²) in [4.78, 5) is 2.54. The van der Waals surface area contributed by atoms with E-state index in [0.29, 0.717) is 6.61 Å². The van der Waals surface area contributed by atoms with Gasteiger partial charge >= 0.3 is 0 Å². The molecule has 0 saturated carbocycles. The van der Waals surface area contributed by atoms with E-state index in [1.54, 1.807) is 0 Å². The number of piperidine rings is 1. The molecule has 0 unspecified atom stereocenters. The van der Waals surface area contributed by atoms with Crippen LogP contribution in [0.25, 0.3) is 0 Å². The van der Waals surface area contributed by atoms with E-state index in [1.807, 2.05) is 6.07 Å². The molecule has 7 heteroatoms. The van der Waals surface area contributed by atoms with Crippen molar-refractivity contribution >= 4 is 23.4 Å². The summed E-state index contributed by atoms with van der Waals surface area (Å²) in [5.41, 5.74) is 1.34. The van der Waals surface area contributed by atoms with Crippen molar-refractivity contribution in [3.63, 3.8) is 0 Å². The molecule has 0 aliphatic carbocycles. The Hall–Kier alpha value is -1.86. The third kappa shape index (κ3) is 5.85. The summed E-state index contributed by atoms with van der Waals surface area (Å²) < 4.78 is 14.4. The van der Waals surface area contributed by atoms with Gasteiger partial charge in [-0.2, -0.15) is 8.75 Å². The average molecular weight is 376 g/mol. The van der Waals surface area contributed by atoms with Crippen molar-refractivity contribution in [2.75, 3.05) is 43.4 Å². The quantitative estimate of drug-likeness (QED) is 0.615. The third-order valence-corrected chi connectivity index (χ3v) is 5.00. The summed E-state index contributed by atoms with van der Waals surface area (Å²) in [6.45, 7) is 7.87. The highest BCUT2D eigenvalue weighted by Crippen LogP contribution is 2.19. The van der Waals surface area contributed by atoms with Crippen LogP contribution in [0.15, 0.2) is 24.3 Å². The van der Waals surface area contributed by atoms with Gasteiger partial charge < -0.3 is 15.4 Å². The van der Waals surface area contributed by atoms with E-state index in [4.69, 9.17) is 4.74 Å². The minimum atomic E-state index is 0.689. The largest absolute Gasteiger partial charge is 0.494 e. The topological polar surface area (TPSA) is 62.3 Å². The number of ether oxygens (including phenoxy) is 1. The lowest BCUT2D eigenvalue weighted by atomic mass is 10.1. The summed E-state index contributed by atoms with van der Waals surface area (Å²) in [7, 11) is 0. The van der Waals surface area contributed by atoms with Crippen LogP contribution in [0.3, 0.4) is 0 Å². The normalized spacial score (nSPS) is 15.0. The van der Waals surface area contributed by atoms with Crippen LogP contribution in [0, 0.1) is 0 Å². The van der Waals surface area contributed by atoms with Gasteiger partial charge in [-0.25, -0.2) is 0 Å². The highest BCUT2D eigenvalue weighted by atomic mass is 32.1. The van der Waals surface area contributed by atoms with Gasteiger partial charge in [-0.3, -0.25) is 4.90 Å². The minimum Gasteiger partial charge on any atom is -0.494 e. The van der Waals surface area contributed by atoms with E-state index in [0.717, 1.165) is 43.4 Å². The predicted molar refractivity (Wildman–Crippen MR) is 108 cm³/mol. The maximum Gasteiger partial charge on any atom is 0.184 e. The Morgan fingerprint density at radius 1 is 1.12 bits per heavy atom. The molecule has 0 atom stereocenters. The molecule has 0 bridgehead atoms. The molecule has 1 saturated heterocycles. The molecular weight excluding hydrogens is 346 g/mol. The van der Waals surface area contributed by atoms with Crippen LogP contribution in [0.4, 0.5) is 11.6 Å². The minimum absolute atomic E-state index is 0.689. The first-order chi connectivity index (χ1) is 12.8. The molecule has 2 heterocycles. The number of nitrogens with zero attached hydrogens (tertiary/aromatic N) is 3. The second-order valence-electron chi connectivity index (χ2n) is 6.60. The van der Waals surface area contributed by atoms with Crippen LogP contribution in [0.1, 0.15) is 38.2 Å². The van der Waals surface area contributed by atoms with Crippen LogP contribution >= 0.6 is 11.7 Å². The van der Waals surface area contributed by atoms with Crippen molar-refractivity contribution in [2.24, 2.45) is 0 Å². The molecule has 142 valence electrons. The average Bonchev–Trinajstić information content (AvgIpc) is 3.10. The smallest absolute Gasteiger partial charge is 0.184 e. The van der Waals surface area contributed by atoms with Crippen LogP contribution in [-0.4, -0.2) is 46.4 Å². The standard InChI is InChI=1S/C19H29N5OS/c1-2-20-18-19(23-26-22-18)21-10-7-13-25-17-9-6-8-16(14-17)15-24-11-4-3-5-12-24/h6,8-9,14H,2-5,7,10-13,15H2,1H3,(H,20,22)(H,21,23). The third-order valence-electron chi connectivity index (χ3n) is 4.47. The van der Waals surface area contributed by atoms with Gasteiger partial charge in [0.05, 0.1) is 18.3 Å².